The van der Waals surface area contributed by atoms with Crippen LogP contribution in [0, 0.1) is 6.92 Å². The van der Waals surface area contributed by atoms with Gasteiger partial charge in [-0.1, -0.05) is 37.3 Å². The van der Waals surface area contributed by atoms with Gasteiger partial charge in [-0.25, -0.2) is 8.42 Å². The summed E-state index contributed by atoms with van der Waals surface area (Å²) in [4.78, 5) is 0.0120. The van der Waals surface area contributed by atoms with Crippen LogP contribution in [0.4, 0.5) is 5.69 Å². The van der Waals surface area contributed by atoms with Gasteiger partial charge in [-0.05, 0) is 25.0 Å². The SMILES string of the molecule is CCC(C(N)=S)S(=O)(=O)N(C)c1ccccc1C. The maximum atomic E-state index is 12.4. The highest BCUT2D eigenvalue weighted by atomic mass is 32.2. The molecule has 1 rings (SSSR count). The highest BCUT2D eigenvalue weighted by Gasteiger charge is 2.31. The highest BCUT2D eigenvalue weighted by molar-refractivity contribution is 7.95. The van der Waals surface area contributed by atoms with E-state index in [1.54, 1.807) is 19.1 Å². The molecular formula is C12H18N2O2S2. The minimum atomic E-state index is -3.56. The number of anilines is 1. The summed E-state index contributed by atoms with van der Waals surface area (Å²) in [5, 5.41) is -0.822. The molecule has 1 aromatic carbocycles. The second-order valence-corrected chi connectivity index (χ2v) is 6.72. The molecule has 1 atom stereocenters. The van der Waals surface area contributed by atoms with E-state index in [0.29, 0.717) is 12.1 Å². The largest absolute Gasteiger partial charge is 0.392 e. The quantitative estimate of drug-likeness (QED) is 0.839. The van der Waals surface area contributed by atoms with Crippen LogP contribution in [0.5, 0.6) is 0 Å². The molecule has 0 aliphatic heterocycles. The average Bonchev–Trinajstić information content (AvgIpc) is 2.28. The summed E-state index contributed by atoms with van der Waals surface area (Å²) in [6.07, 6.45) is 0.369. The van der Waals surface area contributed by atoms with Crippen molar-refractivity contribution in [3.63, 3.8) is 0 Å². The van der Waals surface area contributed by atoms with Gasteiger partial charge >= 0.3 is 0 Å². The van der Waals surface area contributed by atoms with E-state index >= 15 is 0 Å². The van der Waals surface area contributed by atoms with Gasteiger partial charge in [0.25, 0.3) is 0 Å². The Hall–Kier alpha value is -1.14. The average molecular weight is 286 g/mol. The van der Waals surface area contributed by atoms with Crippen LogP contribution in [-0.4, -0.2) is 25.7 Å². The van der Waals surface area contributed by atoms with Crippen LogP contribution in [0.1, 0.15) is 18.9 Å². The molecule has 0 aliphatic carbocycles. The zero-order valence-electron chi connectivity index (χ0n) is 10.8. The summed E-state index contributed by atoms with van der Waals surface area (Å²) >= 11 is 4.84. The van der Waals surface area contributed by atoms with Crippen LogP contribution < -0.4 is 10.0 Å². The topological polar surface area (TPSA) is 63.4 Å². The molecule has 1 aromatic rings. The zero-order valence-corrected chi connectivity index (χ0v) is 12.4. The molecule has 0 saturated carbocycles. The maximum Gasteiger partial charge on any atom is 0.244 e. The van der Waals surface area contributed by atoms with Gasteiger partial charge in [-0.3, -0.25) is 4.31 Å². The predicted octanol–water partition coefficient (Wildman–Crippen LogP) is 1.83. The fourth-order valence-electron chi connectivity index (χ4n) is 1.80. The molecule has 4 nitrogen and oxygen atoms in total. The van der Waals surface area contributed by atoms with Crippen LogP contribution >= 0.6 is 12.2 Å². The third kappa shape index (κ3) is 2.81. The third-order valence-corrected chi connectivity index (χ3v) is 5.58. The molecule has 0 bridgehead atoms. The number of hydrogen-bond acceptors (Lipinski definition) is 3. The van der Waals surface area contributed by atoms with Crippen LogP contribution in [-0.2, 0) is 10.0 Å². The van der Waals surface area contributed by atoms with E-state index in [4.69, 9.17) is 18.0 Å². The van der Waals surface area contributed by atoms with E-state index in [1.165, 1.54) is 11.4 Å². The van der Waals surface area contributed by atoms with Gasteiger partial charge in [-0.15, -0.1) is 0 Å². The maximum absolute atomic E-state index is 12.4. The highest BCUT2D eigenvalue weighted by Crippen LogP contribution is 2.23. The second-order valence-electron chi connectivity index (χ2n) is 4.10. The normalized spacial score (nSPS) is 13.1. The number of rotatable bonds is 5. The number of thiocarbonyl (C=S) groups is 1. The van der Waals surface area contributed by atoms with Gasteiger partial charge in [-0.2, -0.15) is 0 Å². The summed E-state index contributed by atoms with van der Waals surface area (Å²) in [7, 11) is -2.03. The summed E-state index contributed by atoms with van der Waals surface area (Å²) < 4.78 is 26.1. The van der Waals surface area contributed by atoms with Crippen molar-refractivity contribution >= 4 is 32.9 Å². The summed E-state index contributed by atoms with van der Waals surface area (Å²) in [6.45, 7) is 3.62. The Morgan fingerprint density at radius 1 is 1.44 bits per heavy atom. The number of sulfonamides is 1. The number of para-hydroxylation sites is 1. The Bertz CT molecular complexity index is 541. The number of hydrogen-bond donors (Lipinski definition) is 1. The zero-order chi connectivity index (χ0) is 13.9. The Kier molecular flexibility index (Phi) is 4.70. The first-order valence-electron chi connectivity index (χ1n) is 5.65. The Labute approximate surface area is 114 Å². The lowest BCUT2D eigenvalue weighted by atomic mass is 10.2. The standard InChI is InChI=1S/C12H18N2O2S2/c1-4-11(12(13)17)18(15,16)14(3)10-8-6-5-7-9(10)2/h5-8,11H,4H2,1-3H3,(H2,13,17). The van der Waals surface area contributed by atoms with Crippen LogP contribution in [0.15, 0.2) is 24.3 Å². The molecule has 0 saturated heterocycles. The van der Waals surface area contributed by atoms with E-state index in [0.717, 1.165) is 5.56 Å². The Balaban J connectivity index is 3.21. The number of benzene rings is 1. The lowest BCUT2D eigenvalue weighted by Crippen LogP contribution is -2.42. The van der Waals surface area contributed by atoms with Crippen molar-refractivity contribution < 1.29 is 8.42 Å². The molecule has 0 aliphatic rings. The summed E-state index contributed by atoms with van der Waals surface area (Å²) in [6, 6.07) is 7.29. The fraction of sp³-hybridized carbons (Fsp3) is 0.417. The molecule has 1 unspecified atom stereocenters. The Morgan fingerprint density at radius 2 is 2.00 bits per heavy atom. The van der Waals surface area contributed by atoms with Crippen molar-refractivity contribution in [3.05, 3.63) is 29.8 Å². The van der Waals surface area contributed by atoms with Gasteiger partial charge in [0, 0.05) is 7.05 Å². The smallest absolute Gasteiger partial charge is 0.244 e. The first-order chi connectivity index (χ1) is 8.32. The van der Waals surface area contributed by atoms with Gasteiger partial charge in [0.2, 0.25) is 10.0 Å². The Morgan fingerprint density at radius 3 is 2.44 bits per heavy atom. The summed E-state index contributed by atoms with van der Waals surface area (Å²) in [5.74, 6) is 0. The molecule has 2 N–H and O–H groups in total. The first kappa shape index (κ1) is 14.9. The van der Waals surface area contributed by atoms with Crippen LogP contribution in [0.25, 0.3) is 0 Å². The van der Waals surface area contributed by atoms with Crippen molar-refractivity contribution in [2.24, 2.45) is 5.73 Å². The van der Waals surface area contributed by atoms with Crippen LogP contribution in [0.3, 0.4) is 0 Å². The lowest BCUT2D eigenvalue weighted by Gasteiger charge is -2.25. The molecule has 18 heavy (non-hydrogen) atoms. The van der Waals surface area contributed by atoms with Gasteiger partial charge in [0.1, 0.15) is 5.25 Å². The van der Waals surface area contributed by atoms with E-state index in [9.17, 15) is 8.42 Å². The molecule has 6 heteroatoms. The van der Waals surface area contributed by atoms with Crippen molar-refractivity contribution in [1.29, 1.82) is 0 Å². The third-order valence-electron chi connectivity index (χ3n) is 2.88. The number of nitrogens with two attached hydrogens (primary N) is 1. The van der Waals surface area contributed by atoms with Gasteiger partial charge < -0.3 is 5.73 Å². The minimum Gasteiger partial charge on any atom is -0.392 e. The van der Waals surface area contributed by atoms with Crippen molar-refractivity contribution in [1.82, 2.24) is 0 Å². The second kappa shape index (κ2) is 5.67. The molecule has 0 fully saturated rings. The van der Waals surface area contributed by atoms with Crippen molar-refractivity contribution in [2.45, 2.75) is 25.5 Å². The fourth-order valence-corrected chi connectivity index (χ4v) is 3.91. The van der Waals surface area contributed by atoms with Crippen LogP contribution in [0.2, 0.25) is 0 Å². The number of aryl methyl sites for hydroxylation is 1. The first-order valence-corrected chi connectivity index (χ1v) is 7.56. The van der Waals surface area contributed by atoms with Gasteiger partial charge in [0.05, 0.1) is 10.7 Å². The predicted molar refractivity (Wildman–Crippen MR) is 79.4 cm³/mol. The minimum absolute atomic E-state index is 0.0120. The lowest BCUT2D eigenvalue weighted by molar-refractivity contribution is 0.587. The van der Waals surface area contributed by atoms with E-state index in [-0.39, 0.29) is 4.99 Å². The van der Waals surface area contributed by atoms with E-state index in [1.807, 2.05) is 19.1 Å². The van der Waals surface area contributed by atoms with E-state index in [2.05, 4.69) is 0 Å². The molecule has 0 amide bonds. The number of nitrogens with zero attached hydrogens (tertiary/aromatic N) is 1. The van der Waals surface area contributed by atoms with Gasteiger partial charge in [0.15, 0.2) is 0 Å². The molecule has 0 aromatic heterocycles. The monoisotopic (exact) mass is 286 g/mol. The summed E-state index contributed by atoms with van der Waals surface area (Å²) in [5.41, 5.74) is 7.05. The molecule has 100 valence electrons. The molecule has 0 heterocycles. The molecule has 0 radical (unpaired) electrons. The van der Waals surface area contributed by atoms with Crippen molar-refractivity contribution in [2.75, 3.05) is 11.4 Å². The van der Waals surface area contributed by atoms with Crippen molar-refractivity contribution in [3.8, 4) is 0 Å². The molecular weight excluding hydrogens is 268 g/mol. The van der Waals surface area contributed by atoms with E-state index < -0.39 is 15.3 Å². The molecule has 0 spiro atoms.